The molecule has 21 heavy (non-hydrogen) atoms. The predicted molar refractivity (Wildman–Crippen MR) is 82.6 cm³/mol. The van der Waals surface area contributed by atoms with E-state index >= 15 is 0 Å². The molecule has 0 saturated heterocycles. The Labute approximate surface area is 133 Å². The fourth-order valence-electron chi connectivity index (χ4n) is 1.91. The molecule has 6 heteroatoms. The molecule has 0 saturated carbocycles. The average molecular weight is 327 g/mol. The Bertz CT molecular complexity index is 665. The number of carbonyl (C=O) groups is 1. The molecule has 0 aliphatic heterocycles. The Morgan fingerprint density at radius 1 is 1.29 bits per heavy atom. The first-order chi connectivity index (χ1) is 9.80. The molecule has 2 aromatic rings. The summed E-state index contributed by atoms with van der Waals surface area (Å²) in [6, 6.07) is 6.99. The second-order valence-corrected chi connectivity index (χ2v) is 6.18. The zero-order chi connectivity index (χ0) is 15.6. The van der Waals surface area contributed by atoms with E-state index in [1.54, 1.807) is 31.2 Å². The van der Waals surface area contributed by atoms with E-state index in [2.05, 4.69) is 10.5 Å². The van der Waals surface area contributed by atoms with Crippen molar-refractivity contribution in [1.29, 1.82) is 0 Å². The van der Waals surface area contributed by atoms with E-state index in [0.29, 0.717) is 28.0 Å². The molecule has 112 valence electrons. The maximum absolute atomic E-state index is 12.4. The van der Waals surface area contributed by atoms with Gasteiger partial charge in [0.15, 0.2) is 0 Å². The van der Waals surface area contributed by atoms with E-state index in [9.17, 15) is 4.79 Å². The summed E-state index contributed by atoms with van der Waals surface area (Å²) in [5.41, 5.74) is 0.754. The molecule has 0 aliphatic rings. The lowest BCUT2D eigenvalue weighted by atomic mass is 9.83. The number of rotatable bonds is 4. The van der Waals surface area contributed by atoms with Gasteiger partial charge in [-0.05, 0) is 38.5 Å². The zero-order valence-electron chi connectivity index (χ0n) is 12.0. The van der Waals surface area contributed by atoms with Gasteiger partial charge in [0.25, 0.3) is 0 Å². The summed E-state index contributed by atoms with van der Waals surface area (Å²) in [6.07, 6.45) is 0. The van der Waals surface area contributed by atoms with Crippen LogP contribution in [0.3, 0.4) is 0 Å². The third kappa shape index (κ3) is 3.57. The highest BCUT2D eigenvalue weighted by molar-refractivity contribution is 6.42. The summed E-state index contributed by atoms with van der Waals surface area (Å²) in [7, 11) is 0. The fourth-order valence-corrected chi connectivity index (χ4v) is 2.21. The van der Waals surface area contributed by atoms with Crippen LogP contribution in [0.5, 0.6) is 0 Å². The molecule has 1 amide bonds. The quantitative estimate of drug-likeness (QED) is 0.927. The van der Waals surface area contributed by atoms with E-state index in [0.717, 1.165) is 5.56 Å². The molecule has 0 bridgehead atoms. The Balaban J connectivity index is 2.10. The minimum Gasteiger partial charge on any atom is -0.361 e. The highest BCUT2D eigenvalue weighted by atomic mass is 35.5. The molecule has 1 aromatic carbocycles. The Morgan fingerprint density at radius 3 is 2.57 bits per heavy atom. The molecule has 0 aliphatic carbocycles. The van der Waals surface area contributed by atoms with Crippen LogP contribution < -0.4 is 5.32 Å². The summed E-state index contributed by atoms with van der Waals surface area (Å²) >= 11 is 11.9. The molecule has 4 nitrogen and oxygen atoms in total. The number of hydrogen-bond acceptors (Lipinski definition) is 3. The van der Waals surface area contributed by atoms with Gasteiger partial charge in [0, 0.05) is 6.07 Å². The monoisotopic (exact) mass is 326 g/mol. The van der Waals surface area contributed by atoms with Gasteiger partial charge in [-0.3, -0.25) is 4.79 Å². The van der Waals surface area contributed by atoms with Crippen molar-refractivity contribution in [2.24, 2.45) is 0 Å². The highest BCUT2D eigenvalue weighted by Gasteiger charge is 2.30. The normalized spacial score (nSPS) is 11.5. The van der Waals surface area contributed by atoms with E-state index in [1.165, 1.54) is 0 Å². The van der Waals surface area contributed by atoms with Crippen LogP contribution in [-0.4, -0.2) is 11.1 Å². The van der Waals surface area contributed by atoms with Crippen LogP contribution >= 0.6 is 23.2 Å². The first-order valence-corrected chi connectivity index (χ1v) is 7.22. The van der Waals surface area contributed by atoms with Crippen molar-refractivity contribution in [3.8, 4) is 0 Å². The molecule has 0 fully saturated rings. The molecule has 0 radical (unpaired) electrons. The highest BCUT2D eigenvalue weighted by Crippen LogP contribution is 2.30. The van der Waals surface area contributed by atoms with E-state index in [-0.39, 0.29) is 5.91 Å². The number of nitrogens with one attached hydrogen (secondary N) is 1. The van der Waals surface area contributed by atoms with Crippen molar-refractivity contribution in [2.45, 2.75) is 32.7 Å². The van der Waals surface area contributed by atoms with Crippen LogP contribution in [0.2, 0.25) is 10.0 Å². The summed E-state index contributed by atoms with van der Waals surface area (Å²) in [4.78, 5) is 12.4. The number of aromatic nitrogens is 1. The Kier molecular flexibility index (Phi) is 4.59. The van der Waals surface area contributed by atoms with Crippen molar-refractivity contribution < 1.29 is 9.32 Å². The summed E-state index contributed by atoms with van der Waals surface area (Å²) in [5, 5.41) is 7.59. The molecule has 1 aromatic heterocycles. The van der Waals surface area contributed by atoms with Gasteiger partial charge in [-0.25, -0.2) is 0 Å². The predicted octanol–water partition coefficient (Wildman–Crippen LogP) is 3.88. The smallest absolute Gasteiger partial charge is 0.230 e. The minimum atomic E-state index is -0.729. The van der Waals surface area contributed by atoms with Crippen molar-refractivity contribution in [3.63, 3.8) is 0 Å². The number of aryl methyl sites for hydroxylation is 1. The van der Waals surface area contributed by atoms with Crippen LogP contribution in [0.4, 0.5) is 0 Å². The standard InChI is InChI=1S/C15H16Cl2N2O2/c1-9-6-11(19-21-9)8-18-14(20)15(2,3)10-4-5-12(16)13(17)7-10/h4-7H,8H2,1-3H3,(H,18,20). The van der Waals surface area contributed by atoms with E-state index in [4.69, 9.17) is 27.7 Å². The minimum absolute atomic E-state index is 0.124. The molecular formula is C15H16Cl2N2O2. The lowest BCUT2D eigenvalue weighted by molar-refractivity contribution is -0.125. The van der Waals surface area contributed by atoms with Crippen LogP contribution in [0.25, 0.3) is 0 Å². The van der Waals surface area contributed by atoms with E-state index in [1.807, 2.05) is 13.8 Å². The summed E-state index contributed by atoms with van der Waals surface area (Å²) in [5.74, 6) is 0.588. The molecule has 0 atom stereocenters. The third-order valence-corrected chi connectivity index (χ3v) is 4.05. The lowest BCUT2D eigenvalue weighted by Crippen LogP contribution is -2.39. The first kappa shape index (κ1) is 15.9. The summed E-state index contributed by atoms with van der Waals surface area (Å²) in [6.45, 7) is 5.78. The van der Waals surface area contributed by atoms with Gasteiger partial charge in [0.2, 0.25) is 5.91 Å². The SMILES string of the molecule is Cc1cc(CNC(=O)C(C)(C)c2ccc(Cl)c(Cl)c2)no1. The largest absolute Gasteiger partial charge is 0.361 e. The fraction of sp³-hybridized carbons (Fsp3) is 0.333. The number of amides is 1. The van der Waals surface area contributed by atoms with Crippen LogP contribution in [-0.2, 0) is 16.8 Å². The van der Waals surface area contributed by atoms with Gasteiger partial charge >= 0.3 is 0 Å². The van der Waals surface area contributed by atoms with Gasteiger partial charge in [-0.2, -0.15) is 0 Å². The van der Waals surface area contributed by atoms with Crippen LogP contribution in [0.15, 0.2) is 28.8 Å². The molecule has 0 spiro atoms. The van der Waals surface area contributed by atoms with Gasteiger partial charge < -0.3 is 9.84 Å². The number of hydrogen-bond donors (Lipinski definition) is 1. The number of carbonyl (C=O) groups excluding carboxylic acids is 1. The molecule has 0 unspecified atom stereocenters. The van der Waals surface area contributed by atoms with Gasteiger partial charge in [-0.1, -0.05) is 34.4 Å². The van der Waals surface area contributed by atoms with Crippen LogP contribution in [0, 0.1) is 6.92 Å². The Hall–Kier alpha value is -1.52. The maximum Gasteiger partial charge on any atom is 0.230 e. The maximum atomic E-state index is 12.4. The lowest BCUT2D eigenvalue weighted by Gasteiger charge is -2.24. The molecule has 1 N–H and O–H groups in total. The van der Waals surface area contributed by atoms with Crippen molar-refractivity contribution in [1.82, 2.24) is 10.5 Å². The van der Waals surface area contributed by atoms with Crippen molar-refractivity contribution in [3.05, 3.63) is 51.3 Å². The molecule has 1 heterocycles. The molecular weight excluding hydrogens is 311 g/mol. The first-order valence-electron chi connectivity index (χ1n) is 6.46. The average Bonchev–Trinajstić information content (AvgIpc) is 2.84. The second kappa shape index (κ2) is 6.08. The zero-order valence-corrected chi connectivity index (χ0v) is 13.5. The number of benzene rings is 1. The van der Waals surface area contributed by atoms with Gasteiger partial charge in [-0.15, -0.1) is 0 Å². The van der Waals surface area contributed by atoms with Gasteiger partial charge in [0.05, 0.1) is 22.0 Å². The van der Waals surface area contributed by atoms with E-state index < -0.39 is 5.41 Å². The van der Waals surface area contributed by atoms with Crippen LogP contribution in [0.1, 0.15) is 30.9 Å². The van der Waals surface area contributed by atoms with Gasteiger partial charge in [0.1, 0.15) is 11.5 Å². The molecule has 2 rings (SSSR count). The topological polar surface area (TPSA) is 55.1 Å². The summed E-state index contributed by atoms with van der Waals surface area (Å²) < 4.78 is 4.96. The number of nitrogens with zero attached hydrogens (tertiary/aromatic N) is 1. The van der Waals surface area contributed by atoms with Crippen molar-refractivity contribution >= 4 is 29.1 Å². The second-order valence-electron chi connectivity index (χ2n) is 5.37. The Morgan fingerprint density at radius 2 is 2.00 bits per heavy atom. The number of halogens is 2. The third-order valence-electron chi connectivity index (χ3n) is 3.32. The van der Waals surface area contributed by atoms with Crippen molar-refractivity contribution in [2.75, 3.05) is 0 Å².